The van der Waals surface area contributed by atoms with E-state index in [9.17, 15) is 22.4 Å². The first-order valence-corrected chi connectivity index (χ1v) is 8.98. The van der Waals surface area contributed by atoms with Gasteiger partial charge in [-0.3, -0.25) is 9.69 Å². The van der Waals surface area contributed by atoms with E-state index in [1.807, 2.05) is 31.2 Å². The summed E-state index contributed by atoms with van der Waals surface area (Å²) in [7, 11) is 0. The van der Waals surface area contributed by atoms with E-state index in [4.69, 9.17) is 0 Å². The monoisotopic (exact) mass is 400 g/mol. The standard InChI is InChI=1S/C22H16F4N2O/c1-13-18-4-2-3-5-19(18)28(21(13)29)20-11-14(6-7-27-20)8-15-9-16(22(24,25)26)12-17(23)10-15/h2-7,9-13H,8H2,1H3. The van der Waals surface area contributed by atoms with Gasteiger partial charge in [0.1, 0.15) is 11.6 Å². The van der Waals surface area contributed by atoms with Gasteiger partial charge in [-0.2, -0.15) is 13.2 Å². The zero-order valence-corrected chi connectivity index (χ0v) is 15.4. The Bertz CT molecular complexity index is 1090. The van der Waals surface area contributed by atoms with Crippen LogP contribution in [0.15, 0.2) is 60.8 Å². The molecular formula is C22H16F4N2O. The van der Waals surface area contributed by atoms with Crippen LogP contribution in [-0.2, 0) is 17.4 Å². The number of nitrogens with zero attached hydrogens (tertiary/aromatic N) is 2. The first kappa shape index (κ1) is 19.1. The van der Waals surface area contributed by atoms with Gasteiger partial charge in [-0.1, -0.05) is 18.2 Å². The van der Waals surface area contributed by atoms with E-state index in [1.165, 1.54) is 11.1 Å². The Hall–Kier alpha value is -3.22. The van der Waals surface area contributed by atoms with Gasteiger partial charge in [0.25, 0.3) is 0 Å². The fourth-order valence-electron chi connectivity index (χ4n) is 3.58. The molecule has 0 bridgehead atoms. The van der Waals surface area contributed by atoms with Gasteiger partial charge in [0, 0.05) is 6.20 Å². The van der Waals surface area contributed by atoms with E-state index in [0.29, 0.717) is 17.4 Å². The van der Waals surface area contributed by atoms with Gasteiger partial charge in [-0.05, 0) is 66.4 Å². The summed E-state index contributed by atoms with van der Waals surface area (Å²) in [6, 6.07) is 13.2. The molecule has 2 aromatic carbocycles. The summed E-state index contributed by atoms with van der Waals surface area (Å²) in [5.41, 5.74) is 1.42. The third-order valence-corrected chi connectivity index (χ3v) is 4.97. The van der Waals surface area contributed by atoms with Crippen molar-refractivity contribution in [3.8, 4) is 0 Å². The SMILES string of the molecule is CC1C(=O)N(c2cc(Cc3cc(F)cc(C(F)(F)F)c3)ccn2)c2ccccc21. The Balaban J connectivity index is 1.68. The molecule has 0 fully saturated rings. The maximum absolute atomic E-state index is 13.7. The van der Waals surface area contributed by atoms with E-state index in [-0.39, 0.29) is 23.8 Å². The van der Waals surface area contributed by atoms with Crippen molar-refractivity contribution < 1.29 is 22.4 Å². The largest absolute Gasteiger partial charge is 0.416 e. The average Bonchev–Trinajstić information content (AvgIpc) is 2.92. The number of para-hydroxylation sites is 1. The van der Waals surface area contributed by atoms with Gasteiger partial charge in [0.15, 0.2) is 0 Å². The number of benzene rings is 2. The first-order valence-electron chi connectivity index (χ1n) is 8.98. The Kier molecular flexibility index (Phi) is 4.61. The molecule has 0 radical (unpaired) electrons. The van der Waals surface area contributed by atoms with E-state index >= 15 is 0 Å². The zero-order chi connectivity index (χ0) is 20.8. The van der Waals surface area contributed by atoms with Gasteiger partial charge in [0.2, 0.25) is 5.91 Å². The van der Waals surface area contributed by atoms with Crippen LogP contribution in [0.3, 0.4) is 0 Å². The van der Waals surface area contributed by atoms with Crippen LogP contribution < -0.4 is 4.90 Å². The number of anilines is 2. The number of alkyl halides is 3. The molecule has 7 heteroatoms. The van der Waals surface area contributed by atoms with E-state index in [2.05, 4.69) is 4.98 Å². The van der Waals surface area contributed by atoms with E-state index < -0.39 is 17.6 Å². The lowest BCUT2D eigenvalue weighted by Crippen LogP contribution is -2.23. The van der Waals surface area contributed by atoms with Crippen LogP contribution in [0.4, 0.5) is 29.1 Å². The average molecular weight is 400 g/mol. The Morgan fingerprint density at radius 3 is 2.55 bits per heavy atom. The molecular weight excluding hydrogens is 384 g/mol. The molecule has 0 aliphatic carbocycles. The molecule has 1 unspecified atom stereocenters. The highest BCUT2D eigenvalue weighted by atomic mass is 19.4. The third kappa shape index (κ3) is 3.60. The quantitative estimate of drug-likeness (QED) is 0.535. The van der Waals surface area contributed by atoms with Crippen molar-refractivity contribution in [2.45, 2.75) is 25.4 Å². The minimum absolute atomic E-state index is 0.0790. The molecule has 29 heavy (non-hydrogen) atoms. The Morgan fingerprint density at radius 1 is 1.03 bits per heavy atom. The van der Waals surface area contributed by atoms with Gasteiger partial charge < -0.3 is 0 Å². The zero-order valence-electron chi connectivity index (χ0n) is 15.4. The molecule has 1 atom stereocenters. The van der Waals surface area contributed by atoms with Crippen LogP contribution in [0.1, 0.15) is 35.1 Å². The maximum atomic E-state index is 13.7. The summed E-state index contributed by atoms with van der Waals surface area (Å²) in [5.74, 6) is -0.992. The predicted molar refractivity (Wildman–Crippen MR) is 100 cm³/mol. The number of hydrogen-bond acceptors (Lipinski definition) is 2. The lowest BCUT2D eigenvalue weighted by Gasteiger charge is -2.17. The van der Waals surface area contributed by atoms with E-state index in [0.717, 1.165) is 23.4 Å². The topological polar surface area (TPSA) is 33.2 Å². The summed E-state index contributed by atoms with van der Waals surface area (Å²) in [4.78, 5) is 18.5. The highest BCUT2D eigenvalue weighted by Gasteiger charge is 2.35. The molecule has 4 rings (SSSR count). The van der Waals surface area contributed by atoms with Crippen molar-refractivity contribution in [2.75, 3.05) is 4.90 Å². The number of pyridine rings is 1. The smallest absolute Gasteiger partial charge is 0.273 e. The number of halogens is 4. The Labute approximate surface area is 164 Å². The molecule has 0 N–H and O–H groups in total. The van der Waals surface area contributed by atoms with Crippen LogP contribution in [-0.4, -0.2) is 10.9 Å². The van der Waals surface area contributed by atoms with Crippen LogP contribution in [0.25, 0.3) is 0 Å². The fourth-order valence-corrected chi connectivity index (χ4v) is 3.58. The maximum Gasteiger partial charge on any atom is 0.416 e. The van der Waals surface area contributed by atoms with Crippen molar-refractivity contribution in [3.63, 3.8) is 0 Å². The molecule has 3 aromatic rings. The number of carbonyl (C=O) groups excluding carboxylic acids is 1. The van der Waals surface area contributed by atoms with Crippen LogP contribution >= 0.6 is 0 Å². The second-order valence-electron chi connectivity index (χ2n) is 7.00. The molecule has 0 saturated heterocycles. The number of aromatic nitrogens is 1. The number of fused-ring (bicyclic) bond motifs is 1. The summed E-state index contributed by atoms with van der Waals surface area (Å²) in [6.45, 7) is 1.82. The lowest BCUT2D eigenvalue weighted by atomic mass is 10.0. The molecule has 1 aliphatic rings. The van der Waals surface area contributed by atoms with Crippen LogP contribution in [0, 0.1) is 5.82 Å². The van der Waals surface area contributed by atoms with Gasteiger partial charge in [-0.25, -0.2) is 9.37 Å². The molecule has 1 aliphatic heterocycles. The molecule has 1 amide bonds. The lowest BCUT2D eigenvalue weighted by molar-refractivity contribution is -0.137. The molecule has 148 valence electrons. The highest BCUT2D eigenvalue weighted by molar-refractivity contribution is 6.09. The van der Waals surface area contributed by atoms with E-state index in [1.54, 1.807) is 12.1 Å². The summed E-state index contributed by atoms with van der Waals surface area (Å²) >= 11 is 0. The summed E-state index contributed by atoms with van der Waals surface area (Å²) in [5, 5.41) is 0. The van der Waals surface area contributed by atoms with Gasteiger partial charge in [-0.15, -0.1) is 0 Å². The number of amides is 1. The second-order valence-corrected chi connectivity index (χ2v) is 7.00. The molecule has 0 saturated carbocycles. The van der Waals surface area contributed by atoms with Crippen LogP contribution in [0.2, 0.25) is 0 Å². The minimum atomic E-state index is -4.62. The Morgan fingerprint density at radius 2 is 1.79 bits per heavy atom. The van der Waals surface area contributed by atoms with Gasteiger partial charge in [0.05, 0.1) is 17.2 Å². The molecule has 2 heterocycles. The highest BCUT2D eigenvalue weighted by Crippen LogP contribution is 2.41. The van der Waals surface area contributed by atoms with Crippen molar-refractivity contribution in [3.05, 3.63) is 88.9 Å². The first-order chi connectivity index (χ1) is 13.7. The summed E-state index contributed by atoms with van der Waals surface area (Å²) in [6.07, 6.45) is -3.05. The van der Waals surface area contributed by atoms with Crippen LogP contribution in [0.5, 0.6) is 0 Å². The second kappa shape index (κ2) is 6.99. The number of rotatable bonds is 3. The van der Waals surface area contributed by atoms with Crippen molar-refractivity contribution in [1.82, 2.24) is 4.98 Å². The van der Waals surface area contributed by atoms with Crippen molar-refractivity contribution in [1.29, 1.82) is 0 Å². The van der Waals surface area contributed by atoms with Crippen molar-refractivity contribution >= 4 is 17.4 Å². The molecule has 1 aromatic heterocycles. The molecule has 0 spiro atoms. The van der Waals surface area contributed by atoms with Crippen molar-refractivity contribution in [2.24, 2.45) is 0 Å². The number of carbonyl (C=O) groups is 1. The third-order valence-electron chi connectivity index (χ3n) is 4.97. The fraction of sp³-hybridized carbons (Fsp3) is 0.182. The molecule has 3 nitrogen and oxygen atoms in total. The summed E-state index contributed by atoms with van der Waals surface area (Å²) < 4.78 is 52.5. The van der Waals surface area contributed by atoms with Gasteiger partial charge >= 0.3 is 6.18 Å². The minimum Gasteiger partial charge on any atom is -0.273 e. The predicted octanol–water partition coefficient (Wildman–Crippen LogP) is 5.61. The number of hydrogen-bond donors (Lipinski definition) is 0. The normalized spacial score (nSPS) is 16.2.